The van der Waals surface area contributed by atoms with Crippen LogP contribution in [0.5, 0.6) is 0 Å². The molecule has 112 valence electrons. The lowest BCUT2D eigenvalue weighted by atomic mass is 10.1. The van der Waals surface area contributed by atoms with E-state index in [0.29, 0.717) is 6.04 Å². The highest BCUT2D eigenvalue weighted by atomic mass is 15.2. The van der Waals surface area contributed by atoms with Crippen LogP contribution in [-0.4, -0.2) is 61.2 Å². The van der Waals surface area contributed by atoms with Crippen molar-refractivity contribution in [1.29, 1.82) is 0 Å². The highest BCUT2D eigenvalue weighted by Gasteiger charge is 2.18. The van der Waals surface area contributed by atoms with Gasteiger partial charge in [0, 0.05) is 25.2 Å². The monoisotopic (exact) mass is 267 g/mol. The molecule has 1 unspecified atom stereocenters. The van der Waals surface area contributed by atoms with E-state index in [1.165, 1.54) is 77.8 Å². The predicted octanol–water partition coefficient (Wildman–Crippen LogP) is 2.32. The molecule has 0 aliphatic carbocycles. The summed E-state index contributed by atoms with van der Waals surface area (Å²) in [6.07, 6.45) is 8.32. The average Bonchev–Trinajstić information content (AvgIpc) is 2.66. The molecule has 0 radical (unpaired) electrons. The molecule has 0 aromatic heterocycles. The van der Waals surface area contributed by atoms with Crippen molar-refractivity contribution in [2.24, 2.45) is 0 Å². The molecule has 2 saturated heterocycles. The Balaban J connectivity index is 1.60. The molecule has 3 heteroatoms. The fourth-order valence-electron chi connectivity index (χ4n) is 3.45. The number of piperidine rings is 1. The van der Waals surface area contributed by atoms with Crippen molar-refractivity contribution in [1.82, 2.24) is 15.1 Å². The van der Waals surface area contributed by atoms with Crippen LogP contribution in [0.3, 0.4) is 0 Å². The van der Waals surface area contributed by atoms with E-state index in [9.17, 15) is 0 Å². The van der Waals surface area contributed by atoms with Gasteiger partial charge in [0.25, 0.3) is 0 Å². The third-order valence-corrected chi connectivity index (χ3v) is 4.80. The SMILES string of the molecule is CC(C)N1CCCC(NCCN2CCCCC2)CC1. The van der Waals surface area contributed by atoms with Gasteiger partial charge in [-0.3, -0.25) is 0 Å². The number of hydrogen-bond donors (Lipinski definition) is 1. The Hall–Kier alpha value is -0.120. The lowest BCUT2D eigenvalue weighted by molar-refractivity contribution is 0.220. The van der Waals surface area contributed by atoms with Crippen molar-refractivity contribution in [3.05, 3.63) is 0 Å². The molecule has 1 N–H and O–H groups in total. The minimum atomic E-state index is 0.715. The Morgan fingerprint density at radius 1 is 0.947 bits per heavy atom. The minimum absolute atomic E-state index is 0.715. The summed E-state index contributed by atoms with van der Waals surface area (Å²) in [5, 5.41) is 3.80. The lowest BCUT2D eigenvalue weighted by Crippen LogP contribution is -2.39. The van der Waals surface area contributed by atoms with Gasteiger partial charge in [0.2, 0.25) is 0 Å². The normalized spacial score (nSPS) is 27.6. The van der Waals surface area contributed by atoms with Crippen LogP contribution in [0.1, 0.15) is 52.4 Å². The van der Waals surface area contributed by atoms with Crippen LogP contribution in [-0.2, 0) is 0 Å². The van der Waals surface area contributed by atoms with Crippen molar-refractivity contribution in [3.63, 3.8) is 0 Å². The molecule has 1 atom stereocenters. The Kier molecular flexibility index (Phi) is 6.62. The first-order chi connectivity index (χ1) is 9.25. The van der Waals surface area contributed by atoms with E-state index in [1.807, 2.05) is 0 Å². The van der Waals surface area contributed by atoms with Crippen molar-refractivity contribution >= 4 is 0 Å². The van der Waals surface area contributed by atoms with Gasteiger partial charge in [-0.15, -0.1) is 0 Å². The maximum Gasteiger partial charge on any atom is 0.0107 e. The van der Waals surface area contributed by atoms with Crippen LogP contribution < -0.4 is 5.32 Å². The lowest BCUT2D eigenvalue weighted by Gasteiger charge is -2.27. The second kappa shape index (κ2) is 8.23. The van der Waals surface area contributed by atoms with Crippen LogP contribution in [0.2, 0.25) is 0 Å². The third-order valence-electron chi connectivity index (χ3n) is 4.80. The van der Waals surface area contributed by atoms with Gasteiger partial charge >= 0.3 is 0 Å². The molecule has 0 aromatic rings. The molecule has 2 rings (SSSR count). The number of nitrogens with one attached hydrogen (secondary N) is 1. The zero-order chi connectivity index (χ0) is 13.5. The van der Waals surface area contributed by atoms with E-state index in [-0.39, 0.29) is 0 Å². The fourth-order valence-corrected chi connectivity index (χ4v) is 3.45. The van der Waals surface area contributed by atoms with Gasteiger partial charge in [-0.05, 0) is 72.1 Å². The van der Waals surface area contributed by atoms with Crippen LogP contribution >= 0.6 is 0 Å². The second-order valence-corrected chi connectivity index (χ2v) is 6.61. The number of likely N-dealkylation sites (tertiary alicyclic amines) is 2. The zero-order valence-corrected chi connectivity index (χ0v) is 13.0. The van der Waals surface area contributed by atoms with E-state index < -0.39 is 0 Å². The second-order valence-electron chi connectivity index (χ2n) is 6.61. The first kappa shape index (κ1) is 15.3. The molecule has 0 saturated carbocycles. The molecule has 2 aliphatic heterocycles. The summed E-state index contributed by atoms with van der Waals surface area (Å²) >= 11 is 0. The van der Waals surface area contributed by atoms with Crippen molar-refractivity contribution in [3.8, 4) is 0 Å². The maximum absolute atomic E-state index is 3.80. The topological polar surface area (TPSA) is 18.5 Å². The quantitative estimate of drug-likeness (QED) is 0.825. The van der Waals surface area contributed by atoms with E-state index in [1.54, 1.807) is 0 Å². The van der Waals surface area contributed by atoms with E-state index in [0.717, 1.165) is 6.04 Å². The summed E-state index contributed by atoms with van der Waals surface area (Å²) < 4.78 is 0. The molecule has 0 spiro atoms. The molecular formula is C16H33N3. The molecule has 3 nitrogen and oxygen atoms in total. The summed E-state index contributed by atoms with van der Waals surface area (Å²) in [4.78, 5) is 5.26. The van der Waals surface area contributed by atoms with Crippen molar-refractivity contribution in [2.45, 2.75) is 64.5 Å². The number of nitrogens with zero attached hydrogens (tertiary/aromatic N) is 2. The Labute approximate surface area is 119 Å². The Morgan fingerprint density at radius 3 is 2.47 bits per heavy atom. The first-order valence-electron chi connectivity index (χ1n) is 8.45. The summed E-state index contributed by atoms with van der Waals surface area (Å²) in [5.41, 5.74) is 0. The molecular weight excluding hydrogens is 234 g/mol. The molecule has 0 bridgehead atoms. The summed E-state index contributed by atoms with van der Waals surface area (Å²) in [6.45, 7) is 12.3. The zero-order valence-electron chi connectivity index (χ0n) is 13.0. The summed E-state index contributed by atoms with van der Waals surface area (Å²) in [6, 6.07) is 1.47. The fraction of sp³-hybridized carbons (Fsp3) is 1.00. The summed E-state index contributed by atoms with van der Waals surface area (Å²) in [5.74, 6) is 0. The van der Waals surface area contributed by atoms with Crippen molar-refractivity contribution < 1.29 is 0 Å². The van der Waals surface area contributed by atoms with Gasteiger partial charge in [-0.2, -0.15) is 0 Å². The van der Waals surface area contributed by atoms with Gasteiger partial charge in [0.1, 0.15) is 0 Å². The van der Waals surface area contributed by atoms with Crippen LogP contribution in [0.25, 0.3) is 0 Å². The highest BCUT2D eigenvalue weighted by molar-refractivity contribution is 4.77. The van der Waals surface area contributed by atoms with Gasteiger partial charge in [0.05, 0.1) is 0 Å². The predicted molar refractivity (Wildman–Crippen MR) is 82.6 cm³/mol. The van der Waals surface area contributed by atoms with Gasteiger partial charge < -0.3 is 15.1 Å². The molecule has 0 aromatic carbocycles. The van der Waals surface area contributed by atoms with Crippen molar-refractivity contribution in [2.75, 3.05) is 39.3 Å². The molecule has 19 heavy (non-hydrogen) atoms. The largest absolute Gasteiger partial charge is 0.313 e. The van der Waals surface area contributed by atoms with Gasteiger partial charge in [0.15, 0.2) is 0 Å². The molecule has 2 heterocycles. The molecule has 0 amide bonds. The smallest absolute Gasteiger partial charge is 0.0107 e. The van der Waals surface area contributed by atoms with E-state index in [4.69, 9.17) is 0 Å². The Bertz CT molecular complexity index is 236. The minimum Gasteiger partial charge on any atom is -0.313 e. The standard InChI is InChI=1S/C16H33N3/c1-15(2)19-12-6-7-16(8-13-19)17-9-14-18-10-4-3-5-11-18/h15-17H,3-14H2,1-2H3. The highest BCUT2D eigenvalue weighted by Crippen LogP contribution is 2.13. The number of hydrogen-bond acceptors (Lipinski definition) is 3. The first-order valence-corrected chi connectivity index (χ1v) is 8.45. The third kappa shape index (κ3) is 5.41. The van der Waals surface area contributed by atoms with Crippen LogP contribution in [0.4, 0.5) is 0 Å². The van der Waals surface area contributed by atoms with Crippen LogP contribution in [0, 0.1) is 0 Å². The van der Waals surface area contributed by atoms with E-state index in [2.05, 4.69) is 29.0 Å². The van der Waals surface area contributed by atoms with Gasteiger partial charge in [-0.25, -0.2) is 0 Å². The maximum atomic E-state index is 3.80. The van der Waals surface area contributed by atoms with E-state index >= 15 is 0 Å². The molecule has 2 fully saturated rings. The van der Waals surface area contributed by atoms with Crippen LogP contribution in [0.15, 0.2) is 0 Å². The average molecular weight is 267 g/mol. The number of rotatable bonds is 5. The summed E-state index contributed by atoms with van der Waals surface area (Å²) in [7, 11) is 0. The van der Waals surface area contributed by atoms with Gasteiger partial charge in [-0.1, -0.05) is 6.42 Å². The Morgan fingerprint density at radius 2 is 1.74 bits per heavy atom. The molecule has 2 aliphatic rings.